The highest BCUT2D eigenvalue weighted by Gasteiger charge is 2.26. The Morgan fingerprint density at radius 1 is 1.16 bits per heavy atom. The molecule has 0 spiro atoms. The van der Waals surface area contributed by atoms with Crippen LogP contribution in [-0.4, -0.2) is 24.3 Å². The lowest BCUT2D eigenvalue weighted by molar-refractivity contribution is -0.117. The number of anilines is 1. The predicted molar refractivity (Wildman–Crippen MR) is 96.4 cm³/mol. The van der Waals surface area contributed by atoms with Gasteiger partial charge in [-0.05, 0) is 46.2 Å². The predicted octanol–water partition coefficient (Wildman–Crippen LogP) is 4.22. The van der Waals surface area contributed by atoms with Gasteiger partial charge < -0.3 is 19.3 Å². The van der Waals surface area contributed by atoms with Crippen molar-refractivity contribution in [3.63, 3.8) is 0 Å². The zero-order valence-electron chi connectivity index (χ0n) is 15.5. The summed E-state index contributed by atoms with van der Waals surface area (Å²) in [4.78, 5) is 12.8. The smallest absolute Gasteiger partial charge is 0.232 e. The molecule has 136 valence electrons. The monoisotopic (exact) mass is 346 g/mol. The van der Waals surface area contributed by atoms with Gasteiger partial charge in [0, 0.05) is 17.3 Å². The molecule has 0 aliphatic rings. The van der Waals surface area contributed by atoms with Crippen LogP contribution < -0.4 is 14.8 Å². The van der Waals surface area contributed by atoms with Crippen LogP contribution in [0, 0.1) is 13.8 Å². The number of nitrogens with zero attached hydrogens (tertiary/aromatic N) is 1. The highest BCUT2D eigenvalue weighted by atomic mass is 16.5. The van der Waals surface area contributed by atoms with Crippen LogP contribution in [0.3, 0.4) is 0 Å². The fourth-order valence-corrected chi connectivity index (χ4v) is 2.87. The maximum atomic E-state index is 12.8. The van der Waals surface area contributed by atoms with Crippen molar-refractivity contribution in [3.8, 4) is 11.5 Å². The van der Waals surface area contributed by atoms with Crippen molar-refractivity contribution in [2.24, 2.45) is 0 Å². The molecule has 0 bridgehead atoms. The zero-order valence-corrected chi connectivity index (χ0v) is 15.5. The van der Waals surface area contributed by atoms with E-state index in [1.165, 1.54) is 0 Å². The molecule has 0 fully saturated rings. The molecule has 0 radical (unpaired) electrons. The third-order valence-corrected chi connectivity index (χ3v) is 3.97. The summed E-state index contributed by atoms with van der Waals surface area (Å²) >= 11 is 0. The number of benzene rings is 1. The van der Waals surface area contributed by atoms with Gasteiger partial charge >= 0.3 is 0 Å². The van der Waals surface area contributed by atoms with E-state index < -0.39 is 0 Å². The minimum absolute atomic E-state index is 0.0940. The first-order chi connectivity index (χ1) is 12.0. The number of aryl methyl sites for hydroxylation is 2. The molecule has 25 heavy (non-hydrogen) atoms. The summed E-state index contributed by atoms with van der Waals surface area (Å²) in [5, 5.41) is 6.91. The number of aromatic nitrogens is 1. The topological polar surface area (TPSA) is 73.6 Å². The van der Waals surface area contributed by atoms with Crippen LogP contribution >= 0.6 is 0 Å². The molecular weight excluding hydrogens is 320 g/mol. The Labute approximate surface area is 148 Å². The SMILES string of the molecule is CCOc1ccc(NC(=O)[C@H](CC)c2c(C)noc2C)cc1OCC. The van der Waals surface area contributed by atoms with Gasteiger partial charge in [-0.25, -0.2) is 0 Å². The van der Waals surface area contributed by atoms with Gasteiger partial charge in [0.2, 0.25) is 5.91 Å². The largest absolute Gasteiger partial charge is 0.490 e. The van der Waals surface area contributed by atoms with Gasteiger partial charge in [0.15, 0.2) is 11.5 Å². The Hall–Kier alpha value is -2.50. The van der Waals surface area contributed by atoms with E-state index in [4.69, 9.17) is 14.0 Å². The summed E-state index contributed by atoms with van der Waals surface area (Å²) in [5.74, 6) is 1.56. The summed E-state index contributed by atoms with van der Waals surface area (Å²) in [5.41, 5.74) is 2.28. The molecule has 1 heterocycles. The molecule has 1 aromatic carbocycles. The maximum absolute atomic E-state index is 12.8. The number of hydrogen-bond donors (Lipinski definition) is 1. The standard InChI is InChI=1S/C19H26N2O4/c1-6-15(18-12(4)21-25-13(18)5)19(22)20-14-9-10-16(23-7-2)17(11-14)24-8-3/h9-11,15H,6-8H2,1-5H3,(H,20,22)/t15-/m1/s1. The lowest BCUT2D eigenvalue weighted by Gasteiger charge is -2.17. The van der Waals surface area contributed by atoms with Crippen molar-refractivity contribution < 1.29 is 18.8 Å². The maximum Gasteiger partial charge on any atom is 0.232 e. The number of carbonyl (C=O) groups excluding carboxylic acids is 1. The molecule has 1 N–H and O–H groups in total. The van der Waals surface area contributed by atoms with Gasteiger partial charge in [0.25, 0.3) is 0 Å². The van der Waals surface area contributed by atoms with E-state index in [1.54, 1.807) is 12.1 Å². The molecule has 6 nitrogen and oxygen atoms in total. The molecule has 2 aromatic rings. The lowest BCUT2D eigenvalue weighted by Crippen LogP contribution is -2.21. The average Bonchev–Trinajstić information content (AvgIpc) is 2.91. The van der Waals surface area contributed by atoms with E-state index in [0.29, 0.717) is 42.6 Å². The van der Waals surface area contributed by atoms with Crippen molar-refractivity contribution in [2.45, 2.75) is 47.0 Å². The van der Waals surface area contributed by atoms with E-state index in [2.05, 4.69) is 10.5 Å². The van der Waals surface area contributed by atoms with Crippen LogP contribution in [0.5, 0.6) is 11.5 Å². The molecule has 1 amide bonds. The second-order valence-electron chi connectivity index (χ2n) is 5.72. The van der Waals surface area contributed by atoms with E-state index in [9.17, 15) is 4.79 Å². The fraction of sp³-hybridized carbons (Fsp3) is 0.474. The molecule has 0 aliphatic carbocycles. The van der Waals surface area contributed by atoms with Crippen LogP contribution in [0.4, 0.5) is 5.69 Å². The second-order valence-corrected chi connectivity index (χ2v) is 5.72. The molecule has 1 aromatic heterocycles. The van der Waals surface area contributed by atoms with E-state index in [1.807, 2.05) is 40.7 Å². The number of carbonyl (C=O) groups is 1. The van der Waals surface area contributed by atoms with E-state index in [0.717, 1.165) is 11.3 Å². The van der Waals surface area contributed by atoms with Crippen molar-refractivity contribution in [1.82, 2.24) is 5.16 Å². The van der Waals surface area contributed by atoms with Gasteiger partial charge in [0.05, 0.1) is 24.8 Å². The van der Waals surface area contributed by atoms with E-state index in [-0.39, 0.29) is 11.8 Å². The Kier molecular flexibility index (Phi) is 6.44. The number of amides is 1. The first-order valence-electron chi connectivity index (χ1n) is 8.64. The summed E-state index contributed by atoms with van der Waals surface area (Å²) in [6.45, 7) is 10.6. The normalized spacial score (nSPS) is 11.9. The molecule has 0 saturated heterocycles. The highest BCUT2D eigenvalue weighted by Crippen LogP contribution is 2.32. The molecule has 0 unspecified atom stereocenters. The minimum atomic E-state index is -0.312. The van der Waals surface area contributed by atoms with Crippen LogP contribution in [0.2, 0.25) is 0 Å². The molecule has 0 aliphatic heterocycles. The van der Waals surface area contributed by atoms with E-state index >= 15 is 0 Å². The summed E-state index contributed by atoms with van der Waals surface area (Å²) in [6.07, 6.45) is 0.657. The third-order valence-electron chi connectivity index (χ3n) is 3.97. The van der Waals surface area contributed by atoms with Gasteiger partial charge in [-0.15, -0.1) is 0 Å². The summed E-state index contributed by atoms with van der Waals surface area (Å²) < 4.78 is 16.4. The molecular formula is C19H26N2O4. The fourth-order valence-electron chi connectivity index (χ4n) is 2.87. The van der Waals surface area contributed by atoms with Gasteiger partial charge in [-0.1, -0.05) is 12.1 Å². The van der Waals surface area contributed by atoms with Crippen LogP contribution in [0.25, 0.3) is 0 Å². The van der Waals surface area contributed by atoms with Crippen LogP contribution in [0.1, 0.15) is 50.1 Å². The Balaban J connectivity index is 2.22. The lowest BCUT2D eigenvalue weighted by atomic mass is 9.94. The number of ether oxygens (including phenoxy) is 2. The second kappa shape index (κ2) is 8.55. The third kappa shape index (κ3) is 4.32. The Morgan fingerprint density at radius 3 is 2.40 bits per heavy atom. The van der Waals surface area contributed by atoms with Crippen molar-refractivity contribution >= 4 is 11.6 Å². The Morgan fingerprint density at radius 2 is 1.84 bits per heavy atom. The Bertz CT molecular complexity index is 705. The molecule has 6 heteroatoms. The highest BCUT2D eigenvalue weighted by molar-refractivity contribution is 5.96. The van der Waals surface area contributed by atoms with Crippen LogP contribution in [-0.2, 0) is 4.79 Å². The molecule has 1 atom stereocenters. The average molecular weight is 346 g/mol. The summed E-state index contributed by atoms with van der Waals surface area (Å²) in [6, 6.07) is 5.40. The van der Waals surface area contributed by atoms with Gasteiger partial charge in [-0.2, -0.15) is 0 Å². The quantitative estimate of drug-likeness (QED) is 0.774. The summed E-state index contributed by atoms with van der Waals surface area (Å²) in [7, 11) is 0. The van der Waals surface area contributed by atoms with Crippen molar-refractivity contribution in [3.05, 3.63) is 35.2 Å². The number of rotatable bonds is 8. The number of hydrogen-bond acceptors (Lipinski definition) is 5. The number of nitrogens with one attached hydrogen (secondary N) is 1. The first kappa shape index (κ1) is 18.8. The molecule has 2 rings (SSSR count). The van der Waals surface area contributed by atoms with Gasteiger partial charge in [-0.3, -0.25) is 4.79 Å². The van der Waals surface area contributed by atoms with Crippen molar-refractivity contribution in [1.29, 1.82) is 0 Å². The first-order valence-corrected chi connectivity index (χ1v) is 8.64. The van der Waals surface area contributed by atoms with Crippen molar-refractivity contribution in [2.75, 3.05) is 18.5 Å². The molecule has 0 saturated carbocycles. The zero-order chi connectivity index (χ0) is 18.4. The van der Waals surface area contributed by atoms with Crippen LogP contribution in [0.15, 0.2) is 22.7 Å². The minimum Gasteiger partial charge on any atom is -0.490 e. The van der Waals surface area contributed by atoms with Gasteiger partial charge in [0.1, 0.15) is 5.76 Å².